The molecule has 7 nitrogen and oxygen atoms in total. The van der Waals surface area contributed by atoms with E-state index < -0.39 is 28.4 Å². The number of thioether (sulfide) groups is 1. The molecular formula is C15H11F2N3O4S. The molecule has 3 N–H and O–H groups in total. The van der Waals surface area contributed by atoms with Gasteiger partial charge in [-0.05, 0) is 24.3 Å². The molecule has 0 bridgehead atoms. The number of hydrogen-bond donors (Lipinski definition) is 2. The Morgan fingerprint density at radius 1 is 1.24 bits per heavy atom. The first-order valence-electron chi connectivity index (χ1n) is 6.74. The van der Waals surface area contributed by atoms with Crippen molar-refractivity contribution in [2.24, 2.45) is 5.73 Å². The van der Waals surface area contributed by atoms with Gasteiger partial charge in [-0.1, -0.05) is 6.07 Å². The number of halogens is 2. The molecule has 25 heavy (non-hydrogen) atoms. The van der Waals surface area contributed by atoms with Crippen molar-refractivity contribution in [2.45, 2.75) is 4.90 Å². The Hall–Kier alpha value is -3.01. The van der Waals surface area contributed by atoms with E-state index in [4.69, 9.17) is 5.73 Å². The third-order valence-electron chi connectivity index (χ3n) is 3.02. The number of nitro benzene ring substituents is 1. The van der Waals surface area contributed by atoms with E-state index in [-0.39, 0.29) is 27.6 Å². The molecule has 0 saturated heterocycles. The van der Waals surface area contributed by atoms with Crippen LogP contribution in [-0.4, -0.2) is 22.5 Å². The zero-order valence-electron chi connectivity index (χ0n) is 12.5. The lowest BCUT2D eigenvalue weighted by Crippen LogP contribution is -2.15. The van der Waals surface area contributed by atoms with Gasteiger partial charge in [0.2, 0.25) is 11.8 Å². The molecule has 0 aliphatic rings. The van der Waals surface area contributed by atoms with Gasteiger partial charge in [-0.2, -0.15) is 0 Å². The number of nitrogens with one attached hydrogen (secondary N) is 1. The second-order valence-electron chi connectivity index (χ2n) is 4.74. The van der Waals surface area contributed by atoms with E-state index in [0.717, 1.165) is 23.9 Å². The number of primary amides is 1. The number of nitrogens with two attached hydrogens (primary N) is 1. The maximum absolute atomic E-state index is 13.5. The van der Waals surface area contributed by atoms with Crippen molar-refractivity contribution in [2.75, 3.05) is 11.1 Å². The summed E-state index contributed by atoms with van der Waals surface area (Å²) in [6, 6.07) is 6.92. The van der Waals surface area contributed by atoms with Gasteiger partial charge in [-0.25, -0.2) is 8.78 Å². The fourth-order valence-corrected chi connectivity index (χ4v) is 2.67. The number of nitrogens with zero attached hydrogens (tertiary/aromatic N) is 1. The molecule has 0 spiro atoms. The van der Waals surface area contributed by atoms with Crippen LogP contribution < -0.4 is 11.1 Å². The first-order valence-corrected chi connectivity index (χ1v) is 7.73. The summed E-state index contributed by atoms with van der Waals surface area (Å²) in [5.41, 5.74) is 4.32. The highest BCUT2D eigenvalue weighted by Gasteiger charge is 2.18. The highest BCUT2D eigenvalue weighted by molar-refractivity contribution is 8.00. The normalized spacial score (nSPS) is 10.3. The molecule has 2 amide bonds. The van der Waals surface area contributed by atoms with Crippen LogP contribution in [0.15, 0.2) is 41.3 Å². The summed E-state index contributed by atoms with van der Waals surface area (Å²) < 4.78 is 26.6. The minimum absolute atomic E-state index is 0.0395. The topological polar surface area (TPSA) is 115 Å². The Morgan fingerprint density at radius 3 is 2.60 bits per heavy atom. The van der Waals surface area contributed by atoms with Crippen LogP contribution in [0.2, 0.25) is 0 Å². The molecule has 0 fully saturated rings. The average molecular weight is 367 g/mol. The van der Waals surface area contributed by atoms with Crippen molar-refractivity contribution in [1.82, 2.24) is 0 Å². The summed E-state index contributed by atoms with van der Waals surface area (Å²) in [6.07, 6.45) is 0. The maximum atomic E-state index is 13.5. The minimum atomic E-state index is -1.20. The van der Waals surface area contributed by atoms with E-state index in [1.807, 2.05) is 0 Å². The molecule has 10 heteroatoms. The van der Waals surface area contributed by atoms with Crippen LogP contribution in [0.5, 0.6) is 0 Å². The van der Waals surface area contributed by atoms with Crippen LogP contribution in [0.3, 0.4) is 0 Å². The molecule has 0 atom stereocenters. The monoisotopic (exact) mass is 367 g/mol. The van der Waals surface area contributed by atoms with Gasteiger partial charge < -0.3 is 11.1 Å². The van der Waals surface area contributed by atoms with Crippen molar-refractivity contribution in [3.8, 4) is 0 Å². The van der Waals surface area contributed by atoms with E-state index in [1.54, 1.807) is 0 Å². The van der Waals surface area contributed by atoms with Crippen molar-refractivity contribution in [3.05, 3.63) is 63.7 Å². The fourth-order valence-electron chi connectivity index (χ4n) is 1.87. The van der Waals surface area contributed by atoms with Gasteiger partial charge in [0.1, 0.15) is 0 Å². The molecule has 0 aliphatic heterocycles. The van der Waals surface area contributed by atoms with Crippen molar-refractivity contribution in [1.29, 1.82) is 0 Å². The van der Waals surface area contributed by atoms with E-state index in [1.165, 1.54) is 24.3 Å². The number of nitro groups is 1. The standard InChI is InChI=1S/C15H11F2N3O4S/c16-9-2-1-3-10(14(9)17)19-13(21)7-25-12-5-4-8(15(18)22)6-11(12)20(23)24/h1-6H,7H2,(H2,18,22)(H,19,21). The molecular weight excluding hydrogens is 356 g/mol. The van der Waals surface area contributed by atoms with E-state index in [0.29, 0.717) is 0 Å². The Balaban J connectivity index is 2.10. The lowest BCUT2D eigenvalue weighted by atomic mass is 10.2. The smallest absolute Gasteiger partial charge is 0.283 e. The van der Waals surface area contributed by atoms with E-state index >= 15 is 0 Å². The molecule has 2 aromatic carbocycles. The van der Waals surface area contributed by atoms with Gasteiger partial charge in [-0.15, -0.1) is 11.8 Å². The predicted octanol–water partition coefficient (Wildman–Crippen LogP) is 2.70. The predicted molar refractivity (Wildman–Crippen MR) is 87.3 cm³/mol. The molecule has 0 radical (unpaired) electrons. The van der Waals surface area contributed by atoms with Gasteiger partial charge in [0, 0.05) is 11.6 Å². The summed E-state index contributed by atoms with van der Waals surface area (Å²) in [6.45, 7) is 0. The van der Waals surface area contributed by atoms with Crippen LogP contribution in [0.25, 0.3) is 0 Å². The van der Waals surface area contributed by atoms with Gasteiger partial charge in [0.05, 0.1) is 21.3 Å². The quantitative estimate of drug-likeness (QED) is 0.463. The molecule has 0 aromatic heterocycles. The summed E-state index contributed by atoms with van der Waals surface area (Å²) in [5, 5.41) is 13.2. The first kappa shape index (κ1) is 18.3. The summed E-state index contributed by atoms with van der Waals surface area (Å²) >= 11 is 0.811. The number of carbonyl (C=O) groups is 2. The maximum Gasteiger partial charge on any atom is 0.283 e. The third-order valence-corrected chi connectivity index (χ3v) is 4.09. The molecule has 2 rings (SSSR count). The zero-order chi connectivity index (χ0) is 18.6. The van der Waals surface area contributed by atoms with Crippen molar-refractivity contribution < 1.29 is 23.3 Å². The lowest BCUT2D eigenvalue weighted by Gasteiger charge is -2.07. The number of anilines is 1. The van der Waals surface area contributed by atoms with Crippen LogP contribution in [0.1, 0.15) is 10.4 Å². The minimum Gasteiger partial charge on any atom is -0.366 e. The van der Waals surface area contributed by atoms with E-state index in [2.05, 4.69) is 5.32 Å². The Bertz CT molecular complexity index is 861. The Morgan fingerprint density at radius 2 is 1.96 bits per heavy atom. The van der Waals surface area contributed by atoms with Crippen molar-refractivity contribution in [3.63, 3.8) is 0 Å². The summed E-state index contributed by atoms with van der Waals surface area (Å²) in [7, 11) is 0. The fraction of sp³-hybridized carbons (Fsp3) is 0.0667. The first-order chi connectivity index (χ1) is 11.8. The van der Waals surface area contributed by atoms with Gasteiger partial charge in [0.15, 0.2) is 11.6 Å². The third kappa shape index (κ3) is 4.51. The molecule has 2 aromatic rings. The van der Waals surface area contributed by atoms with E-state index in [9.17, 15) is 28.5 Å². The van der Waals surface area contributed by atoms with Crippen LogP contribution in [0.4, 0.5) is 20.2 Å². The largest absolute Gasteiger partial charge is 0.366 e. The number of rotatable bonds is 6. The Kier molecular flexibility index (Phi) is 5.65. The average Bonchev–Trinajstić information content (AvgIpc) is 2.56. The van der Waals surface area contributed by atoms with Crippen LogP contribution >= 0.6 is 11.8 Å². The van der Waals surface area contributed by atoms with Gasteiger partial charge in [-0.3, -0.25) is 19.7 Å². The molecule has 0 unspecified atom stereocenters. The highest BCUT2D eigenvalue weighted by atomic mass is 32.2. The second kappa shape index (κ2) is 7.71. The Labute approximate surface area is 144 Å². The molecule has 0 aliphatic carbocycles. The lowest BCUT2D eigenvalue weighted by molar-refractivity contribution is -0.387. The van der Waals surface area contributed by atoms with Gasteiger partial charge in [0.25, 0.3) is 5.69 Å². The van der Waals surface area contributed by atoms with Gasteiger partial charge >= 0.3 is 0 Å². The van der Waals surface area contributed by atoms with Crippen LogP contribution in [0, 0.1) is 21.7 Å². The number of benzene rings is 2. The second-order valence-corrected chi connectivity index (χ2v) is 5.76. The summed E-state index contributed by atoms with van der Waals surface area (Å²) in [4.78, 5) is 33.4. The molecule has 0 saturated carbocycles. The van der Waals surface area contributed by atoms with Crippen molar-refractivity contribution >= 4 is 35.0 Å². The number of hydrogen-bond acceptors (Lipinski definition) is 5. The SMILES string of the molecule is NC(=O)c1ccc(SCC(=O)Nc2cccc(F)c2F)c([N+](=O)[O-])c1. The number of amides is 2. The zero-order valence-corrected chi connectivity index (χ0v) is 13.3. The van der Waals surface area contributed by atoms with Crippen LogP contribution in [-0.2, 0) is 4.79 Å². The molecule has 0 heterocycles. The molecule has 130 valence electrons. The summed E-state index contributed by atoms with van der Waals surface area (Å²) in [5.74, 6) is -4.09. The highest BCUT2D eigenvalue weighted by Crippen LogP contribution is 2.30. The number of carbonyl (C=O) groups excluding carboxylic acids is 2.